The quantitative estimate of drug-likeness (QED) is 0.696. The van der Waals surface area contributed by atoms with Gasteiger partial charge in [0.2, 0.25) is 0 Å². The maximum absolute atomic E-state index is 11.6. The normalized spacial score (nSPS) is 9.95. The molecule has 0 aliphatic carbocycles. The van der Waals surface area contributed by atoms with E-state index in [4.69, 9.17) is 26.2 Å². The second kappa shape index (κ2) is 7.56. The molecule has 0 fully saturated rings. The van der Waals surface area contributed by atoms with Crippen LogP contribution in [0.2, 0.25) is 5.02 Å². The number of rotatable bonds is 6. The number of amides is 2. The highest BCUT2D eigenvalue weighted by atomic mass is 35.5. The van der Waals surface area contributed by atoms with Gasteiger partial charge in [-0.25, -0.2) is 9.59 Å². The number of methoxy groups -OCH3 is 2. The lowest BCUT2D eigenvalue weighted by atomic mass is 10.2. The molecule has 0 saturated carbocycles. The van der Waals surface area contributed by atoms with E-state index >= 15 is 0 Å². The molecule has 0 aliphatic rings. The van der Waals surface area contributed by atoms with E-state index in [1.165, 1.54) is 26.4 Å². The maximum Gasteiger partial charge on any atom is 0.339 e. The smallest absolute Gasteiger partial charge is 0.339 e. The summed E-state index contributed by atoms with van der Waals surface area (Å²) in [5.41, 5.74) is 0.172. The second-order valence-electron chi connectivity index (χ2n) is 3.71. The molecule has 0 bridgehead atoms. The van der Waals surface area contributed by atoms with E-state index in [9.17, 15) is 9.59 Å². The summed E-state index contributed by atoms with van der Waals surface area (Å²) < 4.78 is 9.74. The van der Waals surface area contributed by atoms with Gasteiger partial charge in [-0.05, 0) is 6.07 Å². The molecule has 0 radical (unpaired) electrons. The molecule has 1 aromatic carbocycles. The molecule has 20 heavy (non-hydrogen) atoms. The summed E-state index contributed by atoms with van der Waals surface area (Å²) in [6, 6.07) is 2.09. The van der Waals surface area contributed by atoms with Gasteiger partial charge in [-0.2, -0.15) is 0 Å². The standard InChI is InChI=1S/C12H15ClN2O5/c1-19-4-3-14-12(18)15-9-6-10(20-2)7(11(16)17)5-8(9)13/h5-6H,3-4H2,1-2H3,(H,16,17)(H2,14,15,18). The van der Waals surface area contributed by atoms with E-state index in [-0.39, 0.29) is 22.0 Å². The van der Waals surface area contributed by atoms with Crippen LogP contribution < -0.4 is 15.4 Å². The molecule has 2 amide bonds. The Morgan fingerprint density at radius 3 is 2.60 bits per heavy atom. The molecule has 1 rings (SSSR count). The molecule has 0 spiro atoms. The van der Waals surface area contributed by atoms with Crippen molar-refractivity contribution >= 4 is 29.3 Å². The fraction of sp³-hybridized carbons (Fsp3) is 0.333. The summed E-state index contributed by atoms with van der Waals surface area (Å²) in [5, 5.41) is 14.1. The third-order valence-electron chi connectivity index (χ3n) is 2.36. The largest absolute Gasteiger partial charge is 0.496 e. The number of ether oxygens (including phenoxy) is 2. The van der Waals surface area contributed by atoms with E-state index in [1.807, 2.05) is 0 Å². The van der Waals surface area contributed by atoms with Crippen LogP contribution in [0.25, 0.3) is 0 Å². The highest BCUT2D eigenvalue weighted by Gasteiger charge is 2.16. The minimum absolute atomic E-state index is 0.0807. The SMILES string of the molecule is COCCNC(=O)Nc1cc(OC)c(C(=O)O)cc1Cl. The van der Waals surface area contributed by atoms with Crippen LogP contribution in [0.3, 0.4) is 0 Å². The zero-order valence-electron chi connectivity index (χ0n) is 11.0. The monoisotopic (exact) mass is 302 g/mol. The molecular weight excluding hydrogens is 288 g/mol. The molecule has 0 unspecified atom stereocenters. The van der Waals surface area contributed by atoms with Gasteiger partial charge < -0.3 is 25.2 Å². The third kappa shape index (κ3) is 4.29. The zero-order valence-corrected chi connectivity index (χ0v) is 11.8. The van der Waals surface area contributed by atoms with Gasteiger partial charge in [-0.3, -0.25) is 0 Å². The molecule has 7 nitrogen and oxygen atoms in total. The molecule has 0 saturated heterocycles. The van der Waals surface area contributed by atoms with Crippen LogP contribution in [0.1, 0.15) is 10.4 Å². The third-order valence-corrected chi connectivity index (χ3v) is 2.67. The highest BCUT2D eigenvalue weighted by Crippen LogP contribution is 2.30. The van der Waals surface area contributed by atoms with E-state index in [0.717, 1.165) is 0 Å². The molecule has 3 N–H and O–H groups in total. The minimum atomic E-state index is -1.17. The van der Waals surface area contributed by atoms with Gasteiger partial charge in [-0.15, -0.1) is 0 Å². The van der Waals surface area contributed by atoms with Crippen molar-refractivity contribution in [3.63, 3.8) is 0 Å². The van der Waals surface area contributed by atoms with Crippen LogP contribution in [-0.2, 0) is 4.74 Å². The van der Waals surface area contributed by atoms with Gasteiger partial charge in [0.1, 0.15) is 11.3 Å². The van der Waals surface area contributed by atoms with Crippen LogP contribution in [-0.4, -0.2) is 44.5 Å². The first-order valence-electron chi connectivity index (χ1n) is 5.64. The van der Waals surface area contributed by atoms with E-state index in [2.05, 4.69) is 10.6 Å². The van der Waals surface area contributed by atoms with Crippen molar-refractivity contribution in [3.8, 4) is 5.75 Å². The van der Waals surface area contributed by atoms with Crippen molar-refractivity contribution in [2.75, 3.05) is 32.7 Å². The first-order valence-corrected chi connectivity index (χ1v) is 6.02. The Kier molecular flexibility index (Phi) is 6.08. The average Bonchev–Trinajstić information content (AvgIpc) is 2.40. The second-order valence-corrected chi connectivity index (χ2v) is 4.12. The first kappa shape index (κ1) is 16.1. The lowest BCUT2D eigenvalue weighted by Gasteiger charge is -2.12. The van der Waals surface area contributed by atoms with Crippen molar-refractivity contribution in [1.82, 2.24) is 5.32 Å². The Hall–Kier alpha value is -1.99. The number of anilines is 1. The number of nitrogens with one attached hydrogen (secondary N) is 2. The topological polar surface area (TPSA) is 96.9 Å². The highest BCUT2D eigenvalue weighted by molar-refractivity contribution is 6.34. The van der Waals surface area contributed by atoms with Crippen LogP contribution in [0.5, 0.6) is 5.75 Å². The molecule has 0 heterocycles. The van der Waals surface area contributed by atoms with Crippen LogP contribution >= 0.6 is 11.6 Å². The fourth-order valence-corrected chi connectivity index (χ4v) is 1.63. The Morgan fingerprint density at radius 1 is 1.35 bits per heavy atom. The maximum atomic E-state index is 11.6. The van der Waals surface area contributed by atoms with Crippen molar-refractivity contribution < 1.29 is 24.2 Å². The molecular formula is C12H15ClN2O5. The number of hydrogen-bond acceptors (Lipinski definition) is 4. The lowest BCUT2D eigenvalue weighted by Crippen LogP contribution is -2.31. The Bertz CT molecular complexity index is 507. The molecule has 8 heteroatoms. The van der Waals surface area contributed by atoms with Crippen molar-refractivity contribution in [3.05, 3.63) is 22.7 Å². The number of halogens is 1. The van der Waals surface area contributed by atoms with Crippen LogP contribution in [0.15, 0.2) is 12.1 Å². The predicted molar refractivity (Wildman–Crippen MR) is 73.9 cm³/mol. The molecule has 110 valence electrons. The van der Waals surface area contributed by atoms with Crippen molar-refractivity contribution in [2.24, 2.45) is 0 Å². The van der Waals surface area contributed by atoms with Gasteiger partial charge in [0.25, 0.3) is 0 Å². The summed E-state index contributed by atoms with van der Waals surface area (Å²) in [5.74, 6) is -1.06. The Labute approximate surface area is 120 Å². The molecule has 0 aliphatic heterocycles. The zero-order chi connectivity index (χ0) is 15.1. The van der Waals surface area contributed by atoms with E-state index in [1.54, 1.807) is 0 Å². The number of urea groups is 1. The van der Waals surface area contributed by atoms with E-state index in [0.29, 0.717) is 13.2 Å². The van der Waals surface area contributed by atoms with Crippen LogP contribution in [0.4, 0.5) is 10.5 Å². The molecule has 0 atom stereocenters. The van der Waals surface area contributed by atoms with Crippen molar-refractivity contribution in [1.29, 1.82) is 0 Å². The summed E-state index contributed by atoms with van der Waals surface area (Å²) in [6.07, 6.45) is 0. The number of carboxylic acid groups (broad SMARTS) is 1. The Morgan fingerprint density at radius 2 is 2.05 bits per heavy atom. The summed E-state index contributed by atoms with van der Waals surface area (Å²) in [4.78, 5) is 22.6. The predicted octanol–water partition coefficient (Wildman–Crippen LogP) is 1.81. The lowest BCUT2D eigenvalue weighted by molar-refractivity contribution is 0.0693. The van der Waals surface area contributed by atoms with Gasteiger partial charge in [0.15, 0.2) is 0 Å². The number of carbonyl (C=O) groups is 2. The van der Waals surface area contributed by atoms with Crippen molar-refractivity contribution in [2.45, 2.75) is 0 Å². The van der Waals surface area contributed by atoms with Gasteiger partial charge in [0, 0.05) is 19.7 Å². The molecule has 1 aromatic rings. The average molecular weight is 303 g/mol. The summed E-state index contributed by atoms with van der Waals surface area (Å²) >= 11 is 5.92. The summed E-state index contributed by atoms with van der Waals surface area (Å²) in [7, 11) is 2.85. The Balaban J connectivity index is 2.85. The van der Waals surface area contributed by atoms with Gasteiger partial charge in [0.05, 0.1) is 24.4 Å². The number of hydrogen-bond donors (Lipinski definition) is 3. The number of carbonyl (C=O) groups excluding carboxylic acids is 1. The fourth-order valence-electron chi connectivity index (χ4n) is 1.42. The number of carboxylic acids is 1. The summed E-state index contributed by atoms with van der Waals surface area (Å²) in [6.45, 7) is 0.715. The number of benzene rings is 1. The van der Waals surface area contributed by atoms with Gasteiger partial charge >= 0.3 is 12.0 Å². The van der Waals surface area contributed by atoms with Crippen LogP contribution in [0, 0.1) is 0 Å². The minimum Gasteiger partial charge on any atom is -0.496 e. The first-order chi connectivity index (χ1) is 9.49. The van der Waals surface area contributed by atoms with E-state index < -0.39 is 12.0 Å². The van der Waals surface area contributed by atoms with Gasteiger partial charge in [-0.1, -0.05) is 11.6 Å². The molecule has 0 aromatic heterocycles. The number of aromatic carboxylic acids is 1.